The highest BCUT2D eigenvalue weighted by atomic mass is 32.1. The van der Waals surface area contributed by atoms with Crippen LogP contribution in [0.1, 0.15) is 11.6 Å². The Kier molecular flexibility index (Phi) is 2.64. The van der Waals surface area contributed by atoms with Crippen LogP contribution in [0, 0.1) is 11.6 Å². The van der Waals surface area contributed by atoms with Gasteiger partial charge < -0.3 is 5.32 Å². The summed E-state index contributed by atoms with van der Waals surface area (Å²) in [6, 6.07) is 3.58. The lowest BCUT2D eigenvalue weighted by atomic mass is 10.0. The highest BCUT2D eigenvalue weighted by molar-refractivity contribution is 7.13. The summed E-state index contributed by atoms with van der Waals surface area (Å²) in [4.78, 5) is 4.41. The third-order valence-electron chi connectivity index (χ3n) is 2.88. The number of hydrogen-bond acceptors (Lipinski definition) is 3. The fourth-order valence-electron chi connectivity index (χ4n) is 1.76. The van der Waals surface area contributed by atoms with Crippen LogP contribution >= 0.6 is 11.3 Å². The quantitative estimate of drug-likeness (QED) is 0.889. The first-order valence-corrected chi connectivity index (χ1v) is 6.23. The number of nitrogens with one attached hydrogen (secondary N) is 1. The molecule has 0 aliphatic carbocycles. The van der Waals surface area contributed by atoms with Gasteiger partial charge in [0.15, 0.2) is 0 Å². The zero-order valence-electron chi connectivity index (χ0n) is 8.91. The van der Waals surface area contributed by atoms with E-state index >= 15 is 0 Å². The van der Waals surface area contributed by atoms with Gasteiger partial charge in [0.1, 0.15) is 16.6 Å². The average Bonchev–Trinajstić information content (AvgIpc) is 2.64. The minimum Gasteiger partial charge on any atom is -0.315 e. The predicted octanol–water partition coefficient (Wildman–Crippen LogP) is 2.78. The number of benzene rings is 1. The summed E-state index contributed by atoms with van der Waals surface area (Å²) in [7, 11) is 0. The Morgan fingerprint density at radius 3 is 2.76 bits per heavy atom. The molecule has 0 bridgehead atoms. The molecule has 1 aromatic carbocycles. The maximum absolute atomic E-state index is 13.6. The van der Waals surface area contributed by atoms with E-state index in [1.807, 2.05) is 5.38 Å². The number of thiazole rings is 1. The molecule has 2 nitrogen and oxygen atoms in total. The van der Waals surface area contributed by atoms with Gasteiger partial charge in [0.05, 0.1) is 5.69 Å². The molecule has 1 saturated heterocycles. The molecule has 1 aliphatic heterocycles. The SMILES string of the molecule is Fc1ccc(-c2nc(C3CNC3)cs2)c(F)c1. The molecule has 0 saturated carbocycles. The molecule has 0 amide bonds. The van der Waals surface area contributed by atoms with Gasteiger partial charge in [0.25, 0.3) is 0 Å². The molecule has 0 unspecified atom stereocenters. The Labute approximate surface area is 101 Å². The molecule has 0 radical (unpaired) electrons. The summed E-state index contributed by atoms with van der Waals surface area (Å²) < 4.78 is 26.4. The van der Waals surface area contributed by atoms with Crippen LogP contribution in [0.5, 0.6) is 0 Å². The number of halogens is 2. The molecular formula is C12H10F2N2S. The van der Waals surface area contributed by atoms with Crippen molar-refractivity contribution in [2.75, 3.05) is 13.1 Å². The molecule has 1 aromatic heterocycles. The van der Waals surface area contributed by atoms with Crippen LogP contribution in [-0.4, -0.2) is 18.1 Å². The third kappa shape index (κ3) is 1.96. The van der Waals surface area contributed by atoms with Gasteiger partial charge in [0, 0.05) is 36.0 Å². The lowest BCUT2D eigenvalue weighted by Crippen LogP contribution is -2.40. The smallest absolute Gasteiger partial charge is 0.136 e. The van der Waals surface area contributed by atoms with Crippen LogP contribution in [-0.2, 0) is 0 Å². The maximum Gasteiger partial charge on any atom is 0.136 e. The average molecular weight is 252 g/mol. The van der Waals surface area contributed by atoms with Crippen molar-refractivity contribution in [3.63, 3.8) is 0 Å². The molecule has 5 heteroatoms. The minimum atomic E-state index is -0.564. The van der Waals surface area contributed by atoms with Crippen molar-refractivity contribution in [1.82, 2.24) is 10.3 Å². The molecular weight excluding hydrogens is 242 g/mol. The van der Waals surface area contributed by atoms with Gasteiger partial charge >= 0.3 is 0 Å². The van der Waals surface area contributed by atoms with E-state index in [-0.39, 0.29) is 0 Å². The maximum atomic E-state index is 13.6. The van der Waals surface area contributed by atoms with Gasteiger partial charge in [-0.05, 0) is 12.1 Å². The lowest BCUT2D eigenvalue weighted by molar-refractivity contribution is 0.441. The molecule has 2 heterocycles. The van der Waals surface area contributed by atoms with Crippen molar-refractivity contribution in [3.05, 3.63) is 40.9 Å². The fraction of sp³-hybridized carbons (Fsp3) is 0.250. The summed E-state index contributed by atoms with van der Waals surface area (Å²) >= 11 is 1.40. The summed E-state index contributed by atoms with van der Waals surface area (Å²) in [5.41, 5.74) is 1.36. The second-order valence-electron chi connectivity index (χ2n) is 4.06. The zero-order chi connectivity index (χ0) is 11.8. The summed E-state index contributed by atoms with van der Waals surface area (Å²) in [6.07, 6.45) is 0. The molecule has 0 atom stereocenters. The molecule has 1 fully saturated rings. The first-order valence-electron chi connectivity index (χ1n) is 5.35. The monoisotopic (exact) mass is 252 g/mol. The van der Waals surface area contributed by atoms with Gasteiger partial charge in [-0.3, -0.25) is 0 Å². The van der Waals surface area contributed by atoms with Crippen LogP contribution in [0.25, 0.3) is 10.6 Å². The standard InChI is InChI=1S/C12H10F2N2S/c13-8-1-2-9(10(14)3-8)12-16-11(6-17-12)7-4-15-5-7/h1-3,6-7,15H,4-5H2. The van der Waals surface area contributed by atoms with E-state index in [9.17, 15) is 8.78 Å². The highest BCUT2D eigenvalue weighted by Gasteiger charge is 2.22. The molecule has 3 rings (SSSR count). The summed E-state index contributed by atoms with van der Waals surface area (Å²) in [5.74, 6) is -0.688. The van der Waals surface area contributed by atoms with Gasteiger partial charge in [-0.2, -0.15) is 0 Å². The van der Waals surface area contributed by atoms with Crippen LogP contribution in [0.3, 0.4) is 0 Å². The molecule has 0 spiro atoms. The van der Waals surface area contributed by atoms with E-state index in [1.54, 1.807) is 0 Å². The summed E-state index contributed by atoms with van der Waals surface area (Å²) in [6.45, 7) is 1.85. The second kappa shape index (κ2) is 4.16. The second-order valence-corrected chi connectivity index (χ2v) is 4.91. The van der Waals surface area contributed by atoms with Crippen molar-refractivity contribution in [2.45, 2.75) is 5.92 Å². The Morgan fingerprint density at radius 1 is 1.29 bits per heavy atom. The Bertz CT molecular complexity index is 549. The van der Waals surface area contributed by atoms with Gasteiger partial charge in [-0.25, -0.2) is 13.8 Å². The topological polar surface area (TPSA) is 24.9 Å². The zero-order valence-corrected chi connectivity index (χ0v) is 9.73. The lowest BCUT2D eigenvalue weighted by Gasteiger charge is -2.25. The molecule has 88 valence electrons. The largest absolute Gasteiger partial charge is 0.315 e. The first kappa shape index (κ1) is 10.8. The Balaban J connectivity index is 1.94. The predicted molar refractivity (Wildman–Crippen MR) is 63.1 cm³/mol. The highest BCUT2D eigenvalue weighted by Crippen LogP contribution is 2.30. The van der Waals surface area contributed by atoms with E-state index in [4.69, 9.17) is 0 Å². The first-order chi connectivity index (χ1) is 8.24. The van der Waals surface area contributed by atoms with E-state index < -0.39 is 11.6 Å². The van der Waals surface area contributed by atoms with Gasteiger partial charge in [0.2, 0.25) is 0 Å². The van der Waals surface area contributed by atoms with Crippen LogP contribution in [0.4, 0.5) is 8.78 Å². The molecule has 1 N–H and O–H groups in total. The minimum absolute atomic E-state index is 0.370. The van der Waals surface area contributed by atoms with Crippen molar-refractivity contribution in [1.29, 1.82) is 0 Å². The van der Waals surface area contributed by atoms with E-state index in [0.29, 0.717) is 16.5 Å². The fourth-order valence-corrected chi connectivity index (χ4v) is 2.69. The third-order valence-corrected chi connectivity index (χ3v) is 3.78. The van der Waals surface area contributed by atoms with Crippen molar-refractivity contribution < 1.29 is 8.78 Å². The normalized spacial score (nSPS) is 15.9. The molecule has 1 aliphatic rings. The number of aromatic nitrogens is 1. The van der Waals surface area contributed by atoms with Crippen molar-refractivity contribution in [3.8, 4) is 10.6 Å². The van der Waals surface area contributed by atoms with Gasteiger partial charge in [-0.15, -0.1) is 11.3 Å². The Hall–Kier alpha value is -1.33. The number of hydrogen-bond donors (Lipinski definition) is 1. The van der Waals surface area contributed by atoms with E-state index in [2.05, 4.69) is 10.3 Å². The molecule has 2 aromatic rings. The molecule has 17 heavy (non-hydrogen) atoms. The number of rotatable bonds is 2. The van der Waals surface area contributed by atoms with Crippen LogP contribution in [0.2, 0.25) is 0 Å². The van der Waals surface area contributed by atoms with E-state index in [0.717, 1.165) is 24.8 Å². The van der Waals surface area contributed by atoms with E-state index in [1.165, 1.54) is 23.5 Å². The van der Waals surface area contributed by atoms with Crippen molar-refractivity contribution in [2.24, 2.45) is 0 Å². The van der Waals surface area contributed by atoms with Crippen LogP contribution in [0.15, 0.2) is 23.6 Å². The number of nitrogens with zero attached hydrogens (tertiary/aromatic N) is 1. The van der Waals surface area contributed by atoms with Gasteiger partial charge in [-0.1, -0.05) is 0 Å². The Morgan fingerprint density at radius 2 is 2.12 bits per heavy atom. The van der Waals surface area contributed by atoms with Crippen LogP contribution < -0.4 is 5.32 Å². The summed E-state index contributed by atoms with van der Waals surface area (Å²) in [5, 5.41) is 5.73. The van der Waals surface area contributed by atoms with Crippen molar-refractivity contribution >= 4 is 11.3 Å².